The molecule has 8 heteroatoms. The van der Waals surface area contributed by atoms with Crippen molar-refractivity contribution in [2.75, 3.05) is 31.6 Å². The average molecular weight is 367 g/mol. The summed E-state index contributed by atoms with van der Waals surface area (Å²) in [4.78, 5) is 12.4. The van der Waals surface area contributed by atoms with E-state index >= 15 is 0 Å². The van der Waals surface area contributed by atoms with Gasteiger partial charge in [0.2, 0.25) is 15.9 Å². The lowest BCUT2D eigenvalue weighted by molar-refractivity contribution is -0.117. The zero-order valence-corrected chi connectivity index (χ0v) is 15.0. The minimum atomic E-state index is -3.57. The molecule has 0 radical (unpaired) electrons. The number of carbonyl (C=O) groups excluding carboxylic acids is 1. The molecule has 3 rings (SSSR count). The molecule has 25 heavy (non-hydrogen) atoms. The van der Waals surface area contributed by atoms with E-state index in [9.17, 15) is 13.2 Å². The minimum Gasteiger partial charge on any atom is -0.379 e. The van der Waals surface area contributed by atoms with Crippen molar-refractivity contribution in [2.45, 2.75) is 36.6 Å². The van der Waals surface area contributed by atoms with Gasteiger partial charge in [0, 0.05) is 31.2 Å². The lowest BCUT2D eigenvalue weighted by Gasteiger charge is -2.26. The van der Waals surface area contributed by atoms with Crippen LogP contribution in [0.3, 0.4) is 0 Å². The summed E-state index contributed by atoms with van der Waals surface area (Å²) in [7, 11) is -3.57. The first kappa shape index (κ1) is 18.3. The Labute approximate surface area is 148 Å². The van der Waals surface area contributed by atoms with Gasteiger partial charge in [-0.25, -0.2) is 8.42 Å². The van der Waals surface area contributed by atoms with Gasteiger partial charge < -0.3 is 15.8 Å². The Bertz CT molecular complexity index is 716. The predicted octanol–water partition coefficient (Wildman–Crippen LogP) is 1.16. The van der Waals surface area contributed by atoms with Crippen LogP contribution >= 0.6 is 0 Å². The molecule has 2 aliphatic rings. The summed E-state index contributed by atoms with van der Waals surface area (Å²) in [6.07, 6.45) is 3.37. The Morgan fingerprint density at radius 3 is 2.72 bits per heavy atom. The molecule has 0 bridgehead atoms. The van der Waals surface area contributed by atoms with E-state index in [0.29, 0.717) is 38.4 Å². The van der Waals surface area contributed by atoms with Crippen LogP contribution in [0, 0.1) is 5.92 Å². The molecule has 1 saturated heterocycles. The maximum atomic E-state index is 12.7. The Kier molecular flexibility index (Phi) is 5.73. The van der Waals surface area contributed by atoms with Crippen molar-refractivity contribution in [3.63, 3.8) is 0 Å². The third kappa shape index (κ3) is 4.38. The number of nitrogens with zero attached hydrogens (tertiary/aromatic N) is 1. The summed E-state index contributed by atoms with van der Waals surface area (Å²) in [5.41, 5.74) is 6.50. The van der Waals surface area contributed by atoms with Gasteiger partial charge in [-0.05, 0) is 37.0 Å². The molecule has 1 aromatic carbocycles. The van der Waals surface area contributed by atoms with Crippen LogP contribution in [0.25, 0.3) is 0 Å². The number of nitrogens with one attached hydrogen (secondary N) is 1. The maximum absolute atomic E-state index is 12.7. The molecule has 7 nitrogen and oxygen atoms in total. The number of nitrogens with two attached hydrogens (primary N) is 1. The van der Waals surface area contributed by atoms with Crippen molar-refractivity contribution < 1.29 is 17.9 Å². The van der Waals surface area contributed by atoms with Gasteiger partial charge in [-0.3, -0.25) is 4.79 Å². The molecular formula is C17H25N3O4S. The summed E-state index contributed by atoms with van der Waals surface area (Å²) in [6, 6.07) is 6.48. The molecule has 2 atom stereocenters. The molecule has 0 aromatic heterocycles. The average Bonchev–Trinajstić information content (AvgIpc) is 3.00. The second-order valence-electron chi connectivity index (χ2n) is 6.65. The van der Waals surface area contributed by atoms with E-state index in [2.05, 4.69) is 5.32 Å². The zero-order chi connectivity index (χ0) is 17.9. The standard InChI is InChI=1S/C17H25N3O4S/c18-16-6-1-3-13(16)11-17(21)19-14-4-2-5-15(12-14)25(22,23)20-7-9-24-10-8-20/h2,4-5,12-13,16H,1,3,6-11,18H2,(H,19,21)/t13-,16+/m0/s1. The number of benzene rings is 1. The van der Waals surface area contributed by atoms with Crippen LogP contribution in [0.5, 0.6) is 0 Å². The van der Waals surface area contributed by atoms with Crippen LogP contribution in [0.4, 0.5) is 5.69 Å². The molecule has 1 saturated carbocycles. The van der Waals surface area contributed by atoms with Crippen molar-refractivity contribution in [1.82, 2.24) is 4.31 Å². The fraction of sp³-hybridized carbons (Fsp3) is 0.588. The van der Waals surface area contributed by atoms with Crippen molar-refractivity contribution in [3.05, 3.63) is 24.3 Å². The van der Waals surface area contributed by atoms with Crippen molar-refractivity contribution >= 4 is 21.6 Å². The maximum Gasteiger partial charge on any atom is 0.243 e. The van der Waals surface area contributed by atoms with Crippen LogP contribution in [0.2, 0.25) is 0 Å². The lowest BCUT2D eigenvalue weighted by atomic mass is 10.00. The summed E-state index contributed by atoms with van der Waals surface area (Å²) in [6.45, 7) is 1.49. The first-order valence-electron chi connectivity index (χ1n) is 8.70. The normalized spacial score (nSPS) is 25.0. The zero-order valence-electron chi connectivity index (χ0n) is 14.2. The van der Waals surface area contributed by atoms with Crippen molar-refractivity contribution in [2.24, 2.45) is 11.7 Å². The van der Waals surface area contributed by atoms with Gasteiger partial charge in [-0.1, -0.05) is 12.5 Å². The number of hydrogen-bond acceptors (Lipinski definition) is 5. The highest BCUT2D eigenvalue weighted by atomic mass is 32.2. The second kappa shape index (κ2) is 7.82. The predicted molar refractivity (Wildman–Crippen MR) is 94.6 cm³/mol. The molecule has 1 heterocycles. The number of carbonyl (C=O) groups is 1. The Morgan fingerprint density at radius 1 is 1.28 bits per heavy atom. The van der Waals surface area contributed by atoms with E-state index in [1.54, 1.807) is 18.2 Å². The highest BCUT2D eigenvalue weighted by Crippen LogP contribution is 2.27. The number of sulfonamides is 1. The fourth-order valence-electron chi connectivity index (χ4n) is 3.44. The Hall–Kier alpha value is -1.48. The number of morpholine rings is 1. The van der Waals surface area contributed by atoms with E-state index in [0.717, 1.165) is 19.3 Å². The molecule has 1 amide bonds. The van der Waals surface area contributed by atoms with Gasteiger partial charge >= 0.3 is 0 Å². The van der Waals surface area contributed by atoms with Crippen LogP contribution in [0.15, 0.2) is 29.2 Å². The molecule has 3 N–H and O–H groups in total. The van der Waals surface area contributed by atoms with Crippen molar-refractivity contribution in [1.29, 1.82) is 0 Å². The second-order valence-corrected chi connectivity index (χ2v) is 8.59. The summed E-state index contributed by atoms with van der Waals surface area (Å²) < 4.78 is 32.0. The first-order chi connectivity index (χ1) is 12.0. The van der Waals surface area contributed by atoms with E-state index in [4.69, 9.17) is 10.5 Å². The molecular weight excluding hydrogens is 342 g/mol. The number of ether oxygens (including phenoxy) is 1. The van der Waals surface area contributed by atoms with E-state index in [1.807, 2.05) is 0 Å². The Balaban J connectivity index is 1.67. The number of anilines is 1. The minimum absolute atomic E-state index is 0.0822. The third-order valence-electron chi connectivity index (χ3n) is 4.89. The van der Waals surface area contributed by atoms with Crippen LogP contribution in [-0.4, -0.2) is 51.0 Å². The molecule has 1 aromatic rings. The van der Waals surface area contributed by atoms with Crippen molar-refractivity contribution in [3.8, 4) is 0 Å². The monoisotopic (exact) mass is 367 g/mol. The largest absolute Gasteiger partial charge is 0.379 e. The van der Waals surface area contributed by atoms with Gasteiger partial charge in [-0.15, -0.1) is 0 Å². The molecule has 0 unspecified atom stereocenters. The van der Waals surface area contributed by atoms with E-state index in [-0.39, 0.29) is 22.8 Å². The van der Waals surface area contributed by atoms with E-state index < -0.39 is 10.0 Å². The van der Waals surface area contributed by atoms with E-state index in [1.165, 1.54) is 10.4 Å². The van der Waals surface area contributed by atoms with Gasteiger partial charge in [-0.2, -0.15) is 4.31 Å². The number of amides is 1. The summed E-state index contributed by atoms with van der Waals surface area (Å²) in [5, 5.41) is 2.80. The molecule has 0 spiro atoms. The van der Waals surface area contributed by atoms with Gasteiger partial charge in [0.05, 0.1) is 18.1 Å². The summed E-state index contributed by atoms with van der Waals surface area (Å²) in [5.74, 6) is 0.0866. The van der Waals surface area contributed by atoms with Crippen LogP contribution in [0.1, 0.15) is 25.7 Å². The molecule has 1 aliphatic heterocycles. The smallest absolute Gasteiger partial charge is 0.243 e. The third-order valence-corrected chi connectivity index (χ3v) is 6.79. The summed E-state index contributed by atoms with van der Waals surface area (Å²) >= 11 is 0. The highest BCUT2D eigenvalue weighted by molar-refractivity contribution is 7.89. The Morgan fingerprint density at radius 2 is 2.04 bits per heavy atom. The lowest BCUT2D eigenvalue weighted by Crippen LogP contribution is -2.40. The first-order valence-corrected chi connectivity index (χ1v) is 10.1. The molecule has 1 aliphatic carbocycles. The van der Waals surface area contributed by atoms with Crippen LogP contribution < -0.4 is 11.1 Å². The van der Waals surface area contributed by atoms with Gasteiger partial charge in [0.1, 0.15) is 0 Å². The van der Waals surface area contributed by atoms with Gasteiger partial charge in [0.15, 0.2) is 0 Å². The molecule has 138 valence electrons. The SMILES string of the molecule is N[C@@H]1CCC[C@H]1CC(=O)Nc1cccc(S(=O)(=O)N2CCOCC2)c1. The topological polar surface area (TPSA) is 102 Å². The number of rotatable bonds is 5. The van der Waals surface area contributed by atoms with Gasteiger partial charge in [0.25, 0.3) is 0 Å². The highest BCUT2D eigenvalue weighted by Gasteiger charge is 2.28. The quantitative estimate of drug-likeness (QED) is 0.813. The van der Waals surface area contributed by atoms with Crippen LogP contribution in [-0.2, 0) is 19.6 Å². The fourth-order valence-corrected chi connectivity index (χ4v) is 4.89. The number of hydrogen-bond donors (Lipinski definition) is 2. The molecule has 2 fully saturated rings.